The SMILES string of the molecule is C=C(C)C(=O)O.C=CC(=O)OCC(C)C#N. The molecule has 5 nitrogen and oxygen atoms in total. The van der Waals surface area contributed by atoms with Crippen molar-refractivity contribution in [1.82, 2.24) is 0 Å². The number of ether oxygens (including phenoxy) is 1. The lowest BCUT2D eigenvalue weighted by atomic mass is 10.2. The molecule has 0 aromatic heterocycles. The van der Waals surface area contributed by atoms with E-state index in [-0.39, 0.29) is 18.1 Å². The van der Waals surface area contributed by atoms with E-state index in [4.69, 9.17) is 10.4 Å². The minimum absolute atomic E-state index is 0.140. The van der Waals surface area contributed by atoms with E-state index in [1.54, 1.807) is 6.92 Å². The Morgan fingerprint density at radius 2 is 2.06 bits per heavy atom. The molecule has 0 aliphatic carbocycles. The standard InChI is InChI=1S/C7H9NO2.C4H6O2/c1-3-7(9)10-5-6(2)4-8;1-3(2)4(5)6/h3,6H,1,5H2,2H3;1H2,2H3,(H,5,6). The van der Waals surface area contributed by atoms with Gasteiger partial charge in [0.2, 0.25) is 0 Å². The fraction of sp³-hybridized carbons (Fsp3) is 0.364. The molecule has 0 aromatic carbocycles. The smallest absolute Gasteiger partial charge is 0.330 e. The fourth-order valence-corrected chi connectivity index (χ4v) is 0.303. The van der Waals surface area contributed by atoms with E-state index in [0.29, 0.717) is 0 Å². The second-order valence-corrected chi connectivity index (χ2v) is 2.95. The highest BCUT2D eigenvalue weighted by molar-refractivity contribution is 5.84. The first-order valence-electron chi connectivity index (χ1n) is 4.42. The maximum Gasteiger partial charge on any atom is 0.330 e. The summed E-state index contributed by atoms with van der Waals surface area (Å²) in [6, 6.07) is 1.93. The van der Waals surface area contributed by atoms with Gasteiger partial charge in [-0.1, -0.05) is 13.2 Å². The summed E-state index contributed by atoms with van der Waals surface area (Å²) in [7, 11) is 0. The average Bonchev–Trinajstić information content (AvgIpc) is 2.25. The zero-order valence-electron chi connectivity index (χ0n) is 9.40. The molecule has 0 aromatic rings. The van der Waals surface area contributed by atoms with Gasteiger partial charge in [0.15, 0.2) is 0 Å². The van der Waals surface area contributed by atoms with Gasteiger partial charge in [-0.2, -0.15) is 5.26 Å². The number of carboxylic acids is 1. The summed E-state index contributed by atoms with van der Waals surface area (Å²) in [5, 5.41) is 16.1. The molecule has 0 rings (SSSR count). The monoisotopic (exact) mass is 225 g/mol. The van der Waals surface area contributed by atoms with Crippen molar-refractivity contribution in [2.45, 2.75) is 13.8 Å². The van der Waals surface area contributed by atoms with Crippen molar-refractivity contribution in [3.63, 3.8) is 0 Å². The van der Waals surface area contributed by atoms with Crippen LogP contribution in [0.15, 0.2) is 24.8 Å². The van der Waals surface area contributed by atoms with E-state index in [1.807, 2.05) is 6.07 Å². The highest BCUT2D eigenvalue weighted by Crippen LogP contribution is 1.92. The lowest BCUT2D eigenvalue weighted by Crippen LogP contribution is -2.07. The van der Waals surface area contributed by atoms with Crippen molar-refractivity contribution in [2.75, 3.05) is 6.61 Å². The van der Waals surface area contributed by atoms with E-state index in [1.165, 1.54) is 6.92 Å². The number of carbonyl (C=O) groups is 2. The van der Waals surface area contributed by atoms with Gasteiger partial charge in [-0.05, 0) is 13.8 Å². The number of rotatable bonds is 4. The van der Waals surface area contributed by atoms with Crippen LogP contribution in [-0.2, 0) is 14.3 Å². The van der Waals surface area contributed by atoms with Crippen LogP contribution >= 0.6 is 0 Å². The molecule has 0 radical (unpaired) electrons. The topological polar surface area (TPSA) is 87.4 Å². The molecule has 1 N–H and O–H groups in total. The van der Waals surface area contributed by atoms with Crippen LogP contribution in [0.25, 0.3) is 0 Å². The molecule has 0 bridgehead atoms. The van der Waals surface area contributed by atoms with Crippen LogP contribution in [0.3, 0.4) is 0 Å². The van der Waals surface area contributed by atoms with E-state index in [2.05, 4.69) is 17.9 Å². The number of hydrogen-bond donors (Lipinski definition) is 1. The fourth-order valence-electron chi connectivity index (χ4n) is 0.303. The van der Waals surface area contributed by atoms with Gasteiger partial charge in [-0.3, -0.25) is 0 Å². The van der Waals surface area contributed by atoms with Gasteiger partial charge in [0.25, 0.3) is 0 Å². The minimum Gasteiger partial charge on any atom is -0.478 e. The van der Waals surface area contributed by atoms with Gasteiger partial charge in [0.05, 0.1) is 12.0 Å². The second kappa shape index (κ2) is 9.46. The zero-order chi connectivity index (χ0) is 13.1. The van der Waals surface area contributed by atoms with Crippen LogP contribution in [0.1, 0.15) is 13.8 Å². The maximum atomic E-state index is 10.4. The van der Waals surface area contributed by atoms with E-state index in [9.17, 15) is 9.59 Å². The van der Waals surface area contributed by atoms with E-state index >= 15 is 0 Å². The summed E-state index contributed by atoms with van der Waals surface area (Å²) in [5.74, 6) is -1.67. The summed E-state index contributed by atoms with van der Waals surface area (Å²) in [4.78, 5) is 20.0. The number of nitriles is 1. The van der Waals surface area contributed by atoms with Gasteiger partial charge in [-0.25, -0.2) is 9.59 Å². The molecule has 0 fully saturated rings. The van der Waals surface area contributed by atoms with Crippen LogP contribution in [-0.4, -0.2) is 23.7 Å². The Kier molecular flexibility index (Phi) is 9.67. The number of aliphatic carboxylic acids is 1. The van der Waals surface area contributed by atoms with Crippen LogP contribution in [0.2, 0.25) is 0 Å². The van der Waals surface area contributed by atoms with Crippen LogP contribution in [0.5, 0.6) is 0 Å². The molecule has 5 heteroatoms. The van der Waals surface area contributed by atoms with E-state index in [0.717, 1.165) is 6.08 Å². The largest absolute Gasteiger partial charge is 0.478 e. The third-order valence-electron chi connectivity index (χ3n) is 1.23. The summed E-state index contributed by atoms with van der Waals surface area (Å²) < 4.78 is 4.56. The van der Waals surface area contributed by atoms with Crippen LogP contribution < -0.4 is 0 Å². The van der Waals surface area contributed by atoms with Crippen molar-refractivity contribution < 1.29 is 19.4 Å². The Hall–Kier alpha value is -2.09. The summed E-state index contributed by atoms with van der Waals surface area (Å²) >= 11 is 0. The second-order valence-electron chi connectivity index (χ2n) is 2.95. The molecule has 1 atom stereocenters. The quantitative estimate of drug-likeness (QED) is 0.579. The highest BCUT2D eigenvalue weighted by Gasteiger charge is 2.01. The van der Waals surface area contributed by atoms with Gasteiger partial charge < -0.3 is 9.84 Å². The van der Waals surface area contributed by atoms with Crippen molar-refractivity contribution in [3.05, 3.63) is 24.8 Å². The molecule has 0 amide bonds. The van der Waals surface area contributed by atoms with Crippen LogP contribution in [0, 0.1) is 17.2 Å². The van der Waals surface area contributed by atoms with Gasteiger partial charge in [0.1, 0.15) is 6.61 Å². The molecule has 0 heterocycles. The van der Waals surface area contributed by atoms with Crippen molar-refractivity contribution >= 4 is 11.9 Å². The molecule has 16 heavy (non-hydrogen) atoms. The first-order chi connectivity index (χ1) is 7.34. The predicted molar refractivity (Wildman–Crippen MR) is 58.4 cm³/mol. The van der Waals surface area contributed by atoms with Crippen molar-refractivity contribution in [3.8, 4) is 6.07 Å². The maximum absolute atomic E-state index is 10.4. The highest BCUT2D eigenvalue weighted by atomic mass is 16.5. The molecular weight excluding hydrogens is 210 g/mol. The average molecular weight is 225 g/mol. The number of carbonyl (C=O) groups excluding carboxylic acids is 1. The third-order valence-corrected chi connectivity index (χ3v) is 1.23. The molecule has 88 valence electrons. The Bertz CT molecular complexity index is 302. The first-order valence-corrected chi connectivity index (χ1v) is 4.42. The zero-order valence-corrected chi connectivity index (χ0v) is 9.40. The molecule has 0 aliphatic rings. The van der Waals surface area contributed by atoms with Crippen LogP contribution in [0.4, 0.5) is 0 Å². The van der Waals surface area contributed by atoms with E-state index < -0.39 is 11.9 Å². The first kappa shape index (κ1) is 16.3. The van der Waals surface area contributed by atoms with Crippen molar-refractivity contribution in [2.24, 2.45) is 5.92 Å². The van der Waals surface area contributed by atoms with Gasteiger partial charge >= 0.3 is 11.9 Å². The number of nitrogens with zero attached hydrogens (tertiary/aromatic N) is 1. The molecular formula is C11H15NO4. The van der Waals surface area contributed by atoms with Crippen molar-refractivity contribution in [1.29, 1.82) is 5.26 Å². The normalized spacial score (nSPS) is 9.81. The lowest BCUT2D eigenvalue weighted by molar-refractivity contribution is -0.138. The molecule has 1 unspecified atom stereocenters. The summed E-state index contributed by atoms with van der Waals surface area (Å²) in [5.41, 5.74) is 0.176. The number of carboxylic acid groups (broad SMARTS) is 1. The third kappa shape index (κ3) is 11.9. The Morgan fingerprint density at radius 3 is 2.31 bits per heavy atom. The molecule has 0 saturated carbocycles. The summed E-state index contributed by atoms with van der Waals surface area (Å²) in [6.07, 6.45) is 1.07. The molecule has 0 saturated heterocycles. The molecule has 0 aliphatic heterocycles. The number of hydrogen-bond acceptors (Lipinski definition) is 4. The van der Waals surface area contributed by atoms with Gasteiger partial charge in [-0.15, -0.1) is 0 Å². The predicted octanol–water partition coefficient (Wildman–Crippen LogP) is 1.52. The lowest BCUT2D eigenvalue weighted by Gasteiger charge is -2.00. The number of esters is 1. The Morgan fingerprint density at radius 1 is 1.62 bits per heavy atom. The Labute approximate surface area is 94.6 Å². The minimum atomic E-state index is -0.935. The molecule has 0 spiro atoms. The van der Waals surface area contributed by atoms with Gasteiger partial charge in [0, 0.05) is 11.6 Å². The summed E-state index contributed by atoms with van der Waals surface area (Å²) in [6.45, 7) is 9.63. The Balaban J connectivity index is 0.